The summed E-state index contributed by atoms with van der Waals surface area (Å²) in [6.45, 7) is 7.74. The molecule has 1 aromatic carbocycles. The smallest absolute Gasteiger partial charge is 0.347 e. The summed E-state index contributed by atoms with van der Waals surface area (Å²) in [5, 5.41) is 0.757. The molecule has 1 aliphatic rings. The summed E-state index contributed by atoms with van der Waals surface area (Å²) in [7, 11) is 2.15. The van der Waals surface area contributed by atoms with Crippen LogP contribution in [-0.4, -0.2) is 84.8 Å². The van der Waals surface area contributed by atoms with Gasteiger partial charge in [-0.15, -0.1) is 11.3 Å². The molecule has 0 spiro atoms. The first-order chi connectivity index (χ1) is 17.0. The van der Waals surface area contributed by atoms with Crippen LogP contribution in [0.3, 0.4) is 0 Å². The minimum absolute atomic E-state index is 0.265. The van der Waals surface area contributed by atoms with Crippen molar-refractivity contribution in [1.82, 2.24) is 19.8 Å². The van der Waals surface area contributed by atoms with Crippen molar-refractivity contribution in [2.75, 3.05) is 53.0 Å². The van der Waals surface area contributed by atoms with Gasteiger partial charge in [0.05, 0.1) is 19.3 Å². The van der Waals surface area contributed by atoms with Gasteiger partial charge in [-0.3, -0.25) is 4.90 Å². The molecule has 0 aliphatic carbocycles. The molecule has 35 heavy (non-hydrogen) atoms. The van der Waals surface area contributed by atoms with Crippen LogP contribution < -0.4 is 9.47 Å². The number of rotatable bonds is 10. The standard InChI is InChI=1S/C24H28BrIN4O4S/c1-3-32-24(31)18(34-22-19-20(25)21(26)35-23(19)28-15-27-22)14-16-6-4-5-7-17(16)33-13-12-30-10-8-29(2)9-11-30/h4-7,15,18H,3,8-14H2,1-2H3/t18-/m0/s1. The van der Waals surface area contributed by atoms with E-state index in [0.717, 1.165) is 61.6 Å². The Kier molecular flexibility index (Phi) is 9.56. The Morgan fingerprint density at radius 1 is 1.23 bits per heavy atom. The zero-order valence-electron chi connectivity index (χ0n) is 19.7. The van der Waals surface area contributed by atoms with E-state index in [0.29, 0.717) is 18.9 Å². The molecule has 1 fully saturated rings. The first kappa shape index (κ1) is 26.5. The van der Waals surface area contributed by atoms with Crippen LogP contribution in [-0.2, 0) is 16.0 Å². The molecule has 3 aromatic rings. The van der Waals surface area contributed by atoms with Gasteiger partial charge in [-0.25, -0.2) is 14.8 Å². The van der Waals surface area contributed by atoms with E-state index in [2.05, 4.69) is 65.3 Å². The summed E-state index contributed by atoms with van der Waals surface area (Å²) in [5.74, 6) is 0.665. The summed E-state index contributed by atoms with van der Waals surface area (Å²) in [6, 6.07) is 7.76. The maximum Gasteiger partial charge on any atom is 0.347 e. The zero-order valence-corrected chi connectivity index (χ0v) is 24.3. The number of ether oxygens (including phenoxy) is 3. The third-order valence-electron chi connectivity index (χ3n) is 5.80. The van der Waals surface area contributed by atoms with Crippen molar-refractivity contribution in [3.63, 3.8) is 0 Å². The third kappa shape index (κ3) is 6.82. The predicted octanol–water partition coefficient (Wildman–Crippen LogP) is 4.24. The minimum atomic E-state index is -0.875. The monoisotopic (exact) mass is 674 g/mol. The number of fused-ring (bicyclic) bond motifs is 1. The molecule has 0 saturated carbocycles. The Labute approximate surface area is 231 Å². The number of piperazine rings is 1. The number of benzene rings is 1. The molecule has 1 saturated heterocycles. The van der Waals surface area contributed by atoms with Gasteiger partial charge in [0.1, 0.15) is 23.5 Å². The molecule has 2 aromatic heterocycles. The zero-order chi connectivity index (χ0) is 24.8. The Morgan fingerprint density at radius 2 is 2.00 bits per heavy atom. The van der Waals surface area contributed by atoms with Crippen LogP contribution >= 0.6 is 49.9 Å². The SMILES string of the molecule is CCOC(=O)[C@H](Cc1ccccc1OCCN1CCN(C)CC1)Oc1ncnc2sc(I)c(Br)c12. The second kappa shape index (κ2) is 12.6. The molecule has 8 nitrogen and oxygen atoms in total. The van der Waals surface area contributed by atoms with Crippen LogP contribution in [0.1, 0.15) is 12.5 Å². The molecule has 4 rings (SSSR count). The molecule has 0 unspecified atom stereocenters. The molecule has 0 N–H and O–H groups in total. The molecule has 0 bridgehead atoms. The highest BCUT2D eigenvalue weighted by Crippen LogP contribution is 2.39. The number of hydrogen-bond donors (Lipinski definition) is 0. The molecule has 1 aliphatic heterocycles. The number of halogens is 2. The van der Waals surface area contributed by atoms with Crippen LogP contribution in [0.5, 0.6) is 11.6 Å². The lowest BCUT2D eigenvalue weighted by Crippen LogP contribution is -2.45. The second-order valence-electron chi connectivity index (χ2n) is 8.21. The highest BCUT2D eigenvalue weighted by atomic mass is 127. The lowest BCUT2D eigenvalue weighted by atomic mass is 10.1. The van der Waals surface area contributed by atoms with Crippen LogP contribution in [0.25, 0.3) is 10.2 Å². The van der Waals surface area contributed by atoms with Crippen molar-refractivity contribution >= 4 is 66.0 Å². The lowest BCUT2D eigenvalue weighted by molar-refractivity contribution is -0.151. The van der Waals surface area contributed by atoms with Gasteiger partial charge in [0.2, 0.25) is 12.0 Å². The number of nitrogens with zero attached hydrogens (tertiary/aromatic N) is 4. The van der Waals surface area contributed by atoms with Crippen LogP contribution in [0.15, 0.2) is 35.1 Å². The fraction of sp³-hybridized carbons (Fsp3) is 0.458. The quantitative estimate of drug-likeness (QED) is 0.234. The van der Waals surface area contributed by atoms with Gasteiger partial charge in [0.15, 0.2) is 0 Å². The molecule has 0 radical (unpaired) electrons. The van der Waals surface area contributed by atoms with E-state index in [1.807, 2.05) is 24.3 Å². The normalized spacial score (nSPS) is 15.8. The van der Waals surface area contributed by atoms with Crippen LogP contribution in [0.4, 0.5) is 0 Å². The molecular formula is C24H28BrIN4O4S. The van der Waals surface area contributed by atoms with E-state index in [9.17, 15) is 4.79 Å². The number of aromatic nitrogens is 2. The van der Waals surface area contributed by atoms with Crippen molar-refractivity contribution in [3.8, 4) is 11.6 Å². The second-order valence-corrected chi connectivity index (χ2v) is 11.8. The minimum Gasteiger partial charge on any atom is -0.492 e. The Hall–Kier alpha value is -1.54. The predicted molar refractivity (Wildman–Crippen MR) is 148 cm³/mol. The lowest BCUT2D eigenvalue weighted by Gasteiger charge is -2.32. The van der Waals surface area contributed by atoms with Gasteiger partial charge in [-0.2, -0.15) is 0 Å². The number of likely N-dealkylation sites (N-methyl/N-ethyl adjacent to an activating group) is 1. The van der Waals surface area contributed by atoms with Gasteiger partial charge in [0, 0.05) is 39.1 Å². The third-order valence-corrected chi connectivity index (χ3v) is 9.68. The summed E-state index contributed by atoms with van der Waals surface area (Å²) in [5.41, 5.74) is 0.883. The van der Waals surface area contributed by atoms with E-state index >= 15 is 0 Å². The van der Waals surface area contributed by atoms with Gasteiger partial charge < -0.3 is 19.1 Å². The van der Waals surface area contributed by atoms with Crippen molar-refractivity contribution in [1.29, 1.82) is 0 Å². The summed E-state index contributed by atoms with van der Waals surface area (Å²) in [4.78, 5) is 27.1. The van der Waals surface area contributed by atoms with Crippen molar-refractivity contribution < 1.29 is 19.0 Å². The molecule has 3 heterocycles. The molecule has 0 amide bonds. The maximum atomic E-state index is 12.9. The average Bonchev–Trinajstić information content (AvgIpc) is 3.15. The van der Waals surface area contributed by atoms with E-state index in [1.54, 1.807) is 6.92 Å². The molecular weight excluding hydrogens is 647 g/mol. The topological polar surface area (TPSA) is 77.0 Å². The van der Waals surface area contributed by atoms with Crippen LogP contribution in [0.2, 0.25) is 0 Å². The number of esters is 1. The molecule has 11 heteroatoms. The number of hydrogen-bond acceptors (Lipinski definition) is 9. The maximum absolute atomic E-state index is 12.9. The van der Waals surface area contributed by atoms with Gasteiger partial charge in [-0.1, -0.05) is 18.2 Å². The van der Waals surface area contributed by atoms with Crippen LogP contribution in [0, 0.1) is 2.88 Å². The largest absolute Gasteiger partial charge is 0.492 e. The van der Waals surface area contributed by atoms with Gasteiger partial charge >= 0.3 is 5.97 Å². The highest BCUT2D eigenvalue weighted by molar-refractivity contribution is 14.1. The van der Waals surface area contributed by atoms with Crippen molar-refractivity contribution in [2.45, 2.75) is 19.4 Å². The number of thiophene rings is 1. The fourth-order valence-corrected chi connectivity index (χ4v) is 6.23. The Morgan fingerprint density at radius 3 is 2.77 bits per heavy atom. The van der Waals surface area contributed by atoms with Crippen molar-refractivity contribution in [2.24, 2.45) is 0 Å². The Balaban J connectivity index is 1.49. The van der Waals surface area contributed by atoms with Gasteiger partial charge in [-0.05, 0) is 64.1 Å². The van der Waals surface area contributed by atoms with E-state index in [4.69, 9.17) is 14.2 Å². The van der Waals surface area contributed by atoms with E-state index in [1.165, 1.54) is 17.7 Å². The molecule has 188 valence electrons. The summed E-state index contributed by atoms with van der Waals surface area (Å²) < 4.78 is 19.6. The number of para-hydroxylation sites is 1. The molecule has 1 atom stereocenters. The van der Waals surface area contributed by atoms with Crippen molar-refractivity contribution in [3.05, 3.63) is 43.5 Å². The van der Waals surface area contributed by atoms with E-state index < -0.39 is 12.1 Å². The Bertz CT molecular complexity index is 1160. The first-order valence-corrected chi connectivity index (χ1v) is 14.2. The summed E-state index contributed by atoms with van der Waals surface area (Å²) >= 11 is 7.38. The fourth-order valence-electron chi connectivity index (χ4n) is 3.85. The number of carbonyl (C=O) groups is 1. The number of carbonyl (C=O) groups excluding carboxylic acids is 1. The van der Waals surface area contributed by atoms with Gasteiger partial charge in [0.25, 0.3) is 0 Å². The average molecular weight is 675 g/mol. The highest BCUT2D eigenvalue weighted by Gasteiger charge is 2.27. The van der Waals surface area contributed by atoms with E-state index in [-0.39, 0.29) is 6.61 Å². The first-order valence-electron chi connectivity index (χ1n) is 11.5. The summed E-state index contributed by atoms with van der Waals surface area (Å²) in [6.07, 6.45) is 0.877.